The first-order valence-electron chi connectivity index (χ1n) is 9.68. The van der Waals surface area contributed by atoms with Gasteiger partial charge < -0.3 is 16.0 Å². The number of H-pyrrole nitrogens is 1. The topological polar surface area (TPSA) is 133 Å². The molecule has 1 aliphatic heterocycles. The third-order valence-electron chi connectivity index (χ3n) is 4.93. The van der Waals surface area contributed by atoms with E-state index in [4.69, 9.17) is 0 Å². The lowest BCUT2D eigenvalue weighted by molar-refractivity contribution is -0.123. The second kappa shape index (κ2) is 8.42. The number of hydrogen-bond donors (Lipinski definition) is 4. The van der Waals surface area contributed by atoms with Crippen LogP contribution in [-0.4, -0.2) is 27.6 Å². The minimum absolute atomic E-state index is 0.0262. The number of ketones is 1. The molecular formula is C22H18FN5O4. The van der Waals surface area contributed by atoms with E-state index in [9.17, 15) is 23.6 Å². The summed E-state index contributed by atoms with van der Waals surface area (Å²) in [4.78, 5) is 56.0. The first kappa shape index (κ1) is 20.9. The van der Waals surface area contributed by atoms with Crippen molar-refractivity contribution in [2.45, 2.75) is 19.3 Å². The van der Waals surface area contributed by atoms with Crippen molar-refractivity contribution in [1.29, 1.82) is 0 Å². The van der Waals surface area contributed by atoms with E-state index in [1.807, 2.05) is 0 Å². The highest BCUT2D eigenvalue weighted by Gasteiger charge is 2.34. The molecule has 1 aliphatic rings. The predicted octanol–water partition coefficient (Wildman–Crippen LogP) is 2.92. The molecule has 10 heteroatoms. The van der Waals surface area contributed by atoms with Crippen LogP contribution in [0, 0.1) is 5.82 Å². The number of rotatable bonds is 5. The van der Waals surface area contributed by atoms with Crippen LogP contribution >= 0.6 is 0 Å². The van der Waals surface area contributed by atoms with Gasteiger partial charge in [-0.25, -0.2) is 4.39 Å². The third kappa shape index (κ3) is 4.38. The van der Waals surface area contributed by atoms with Crippen LogP contribution in [0.1, 0.15) is 35.2 Å². The molecule has 0 radical (unpaired) electrons. The van der Waals surface area contributed by atoms with Gasteiger partial charge in [-0.15, -0.1) is 0 Å². The molecule has 4 rings (SSSR count). The van der Waals surface area contributed by atoms with Gasteiger partial charge >= 0.3 is 0 Å². The Balaban J connectivity index is 1.59. The monoisotopic (exact) mass is 435 g/mol. The van der Waals surface area contributed by atoms with Gasteiger partial charge in [-0.1, -0.05) is 0 Å². The fourth-order valence-electron chi connectivity index (χ4n) is 3.34. The number of anilines is 4. The highest BCUT2D eigenvalue weighted by molar-refractivity contribution is 6.04. The quantitative estimate of drug-likeness (QED) is 0.456. The number of aromatic amines is 1. The number of nitrogens with one attached hydrogen (secondary N) is 4. The van der Waals surface area contributed by atoms with E-state index in [0.29, 0.717) is 16.9 Å². The van der Waals surface area contributed by atoms with E-state index < -0.39 is 29.1 Å². The smallest absolute Gasteiger partial charge is 0.258 e. The highest BCUT2D eigenvalue weighted by Crippen LogP contribution is 2.30. The molecule has 2 aromatic carbocycles. The second-order valence-corrected chi connectivity index (χ2v) is 7.24. The maximum atomic E-state index is 13.1. The Morgan fingerprint density at radius 3 is 2.34 bits per heavy atom. The molecule has 0 fully saturated rings. The van der Waals surface area contributed by atoms with Crippen molar-refractivity contribution in [3.05, 3.63) is 75.8 Å². The van der Waals surface area contributed by atoms with Crippen molar-refractivity contribution < 1.29 is 18.8 Å². The minimum Gasteiger partial charge on any atom is -0.326 e. The Labute approximate surface area is 181 Å². The highest BCUT2D eigenvalue weighted by atomic mass is 19.1. The number of fused-ring (bicyclic) bond motifs is 1. The molecule has 1 atom stereocenters. The number of carbonyl (C=O) groups excluding carboxylic acids is 3. The Hall–Kier alpha value is -4.34. The van der Waals surface area contributed by atoms with Crippen LogP contribution in [0.5, 0.6) is 0 Å². The number of aromatic nitrogens is 2. The van der Waals surface area contributed by atoms with Crippen molar-refractivity contribution >= 4 is 40.7 Å². The zero-order valence-corrected chi connectivity index (χ0v) is 16.9. The molecule has 9 nitrogen and oxygen atoms in total. The molecule has 2 amide bonds. The van der Waals surface area contributed by atoms with E-state index in [0.717, 1.165) is 0 Å². The fourth-order valence-corrected chi connectivity index (χ4v) is 3.34. The lowest BCUT2D eigenvalue weighted by atomic mass is 9.92. The summed E-state index contributed by atoms with van der Waals surface area (Å²) in [6.07, 6.45) is -0.222. The molecule has 4 N–H and O–H groups in total. The van der Waals surface area contributed by atoms with Crippen molar-refractivity contribution in [2.75, 3.05) is 16.0 Å². The molecule has 0 spiro atoms. The van der Waals surface area contributed by atoms with Crippen molar-refractivity contribution in [3.8, 4) is 0 Å². The van der Waals surface area contributed by atoms with E-state index >= 15 is 0 Å². The van der Waals surface area contributed by atoms with Crippen LogP contribution < -0.4 is 21.5 Å². The summed E-state index contributed by atoms with van der Waals surface area (Å²) in [6.45, 7) is 1.43. The zero-order valence-electron chi connectivity index (χ0n) is 16.9. The van der Waals surface area contributed by atoms with Crippen molar-refractivity contribution in [3.63, 3.8) is 0 Å². The number of amides is 2. The van der Waals surface area contributed by atoms with Crippen LogP contribution in [0.3, 0.4) is 0 Å². The average molecular weight is 435 g/mol. The summed E-state index contributed by atoms with van der Waals surface area (Å²) in [5, 5.41) is 8.00. The number of Topliss-reactive ketones (excluding diaryl/α,β-unsaturated/α-hetero) is 1. The summed E-state index contributed by atoms with van der Waals surface area (Å²) in [5.41, 5.74) is 0.831. The molecule has 0 saturated heterocycles. The van der Waals surface area contributed by atoms with E-state index in [1.165, 1.54) is 31.2 Å². The average Bonchev–Trinajstić information content (AvgIpc) is 2.75. The molecule has 1 aromatic heterocycles. The van der Waals surface area contributed by atoms with Gasteiger partial charge in [0, 0.05) is 23.4 Å². The van der Waals surface area contributed by atoms with Gasteiger partial charge in [0.2, 0.25) is 17.8 Å². The molecule has 3 aromatic rings. The SMILES string of the molecule is CC(=O)c1ccc(NC(=O)C2CC(=O)Nc3nc(Nc4ccc(F)cc4)[nH]c(=O)c32)cc1. The van der Waals surface area contributed by atoms with Crippen LogP contribution in [0.25, 0.3) is 0 Å². The number of hydrogen-bond acceptors (Lipinski definition) is 6. The summed E-state index contributed by atoms with van der Waals surface area (Å²) < 4.78 is 13.1. The molecule has 1 unspecified atom stereocenters. The number of halogens is 1. The Kier molecular flexibility index (Phi) is 5.50. The standard InChI is InChI=1S/C22H18FN5O4/c1-11(29)12-2-6-14(7-3-12)24-20(31)16-10-17(30)26-19-18(16)21(32)28-22(27-19)25-15-8-4-13(23)5-9-15/h2-9,16H,10H2,1H3,(H,24,31)(H3,25,26,27,28,30,32). The normalized spacial score (nSPS) is 14.8. The largest absolute Gasteiger partial charge is 0.326 e. The van der Waals surface area contributed by atoms with Crippen LogP contribution in [0.2, 0.25) is 0 Å². The van der Waals surface area contributed by atoms with Gasteiger partial charge in [-0.2, -0.15) is 4.98 Å². The molecule has 162 valence electrons. The van der Waals surface area contributed by atoms with Gasteiger partial charge in [0.25, 0.3) is 5.56 Å². The molecule has 0 bridgehead atoms. The summed E-state index contributed by atoms with van der Waals surface area (Å²) >= 11 is 0. The molecular weight excluding hydrogens is 417 g/mol. The maximum absolute atomic E-state index is 13.1. The predicted molar refractivity (Wildman–Crippen MR) is 116 cm³/mol. The number of benzene rings is 2. The first-order chi connectivity index (χ1) is 15.3. The van der Waals surface area contributed by atoms with Gasteiger partial charge in [-0.05, 0) is 55.5 Å². The van der Waals surface area contributed by atoms with Gasteiger partial charge in [0.05, 0.1) is 11.5 Å². The van der Waals surface area contributed by atoms with Crippen LogP contribution in [0.15, 0.2) is 53.3 Å². The van der Waals surface area contributed by atoms with Gasteiger partial charge in [0.1, 0.15) is 11.6 Å². The van der Waals surface area contributed by atoms with E-state index in [1.54, 1.807) is 24.3 Å². The zero-order chi connectivity index (χ0) is 22.8. The number of nitrogens with zero attached hydrogens (tertiary/aromatic N) is 1. The summed E-state index contributed by atoms with van der Waals surface area (Å²) in [6, 6.07) is 11.7. The first-order valence-corrected chi connectivity index (χ1v) is 9.68. The van der Waals surface area contributed by atoms with Crippen molar-refractivity contribution in [1.82, 2.24) is 9.97 Å². The van der Waals surface area contributed by atoms with Crippen LogP contribution in [0.4, 0.5) is 27.5 Å². The Morgan fingerprint density at radius 2 is 1.69 bits per heavy atom. The lowest BCUT2D eigenvalue weighted by Gasteiger charge is -2.23. The molecule has 0 aliphatic carbocycles. The second-order valence-electron chi connectivity index (χ2n) is 7.24. The Bertz CT molecular complexity index is 1270. The summed E-state index contributed by atoms with van der Waals surface area (Å²) in [5.74, 6) is -2.59. The van der Waals surface area contributed by atoms with Gasteiger partial charge in [0.15, 0.2) is 5.78 Å². The molecule has 32 heavy (non-hydrogen) atoms. The fraction of sp³-hybridized carbons (Fsp3) is 0.136. The lowest BCUT2D eigenvalue weighted by Crippen LogP contribution is -2.36. The Morgan fingerprint density at radius 1 is 1.03 bits per heavy atom. The van der Waals surface area contributed by atoms with E-state index in [-0.39, 0.29) is 29.5 Å². The van der Waals surface area contributed by atoms with E-state index in [2.05, 4.69) is 25.9 Å². The summed E-state index contributed by atoms with van der Waals surface area (Å²) in [7, 11) is 0. The van der Waals surface area contributed by atoms with Gasteiger partial charge in [-0.3, -0.25) is 24.2 Å². The minimum atomic E-state index is -1.05. The third-order valence-corrected chi connectivity index (χ3v) is 4.93. The molecule has 2 heterocycles. The van der Waals surface area contributed by atoms with Crippen molar-refractivity contribution in [2.24, 2.45) is 0 Å². The number of carbonyl (C=O) groups is 3. The van der Waals surface area contributed by atoms with Crippen LogP contribution in [-0.2, 0) is 9.59 Å². The molecule has 0 saturated carbocycles. The maximum Gasteiger partial charge on any atom is 0.258 e.